The number of hydrogen-bond donors (Lipinski definition) is 0. The first-order valence-electron chi connectivity index (χ1n) is 33.3. The molecule has 0 aliphatic heterocycles. The normalized spacial score (nSPS) is 12.1. The number of hydrogen-bond acceptors (Lipinski definition) is 6. The van der Waals surface area contributed by atoms with Gasteiger partial charge < -0.3 is 14.2 Å². The third-order valence-corrected chi connectivity index (χ3v) is 15.2. The summed E-state index contributed by atoms with van der Waals surface area (Å²) in [4.78, 5) is 38.3. The van der Waals surface area contributed by atoms with Crippen LogP contribution in [-0.4, -0.2) is 37.2 Å². The smallest absolute Gasteiger partial charge is 0.306 e. The maximum Gasteiger partial charge on any atom is 0.306 e. The predicted molar refractivity (Wildman–Crippen MR) is 321 cm³/mol. The molecule has 1 unspecified atom stereocenters. The maximum atomic E-state index is 12.9. The molecule has 0 bridgehead atoms. The second-order valence-corrected chi connectivity index (χ2v) is 22.7. The number of allylic oxidation sites excluding steroid dienone is 4. The highest BCUT2D eigenvalue weighted by Gasteiger charge is 2.19. The van der Waals surface area contributed by atoms with Crippen LogP contribution in [0.3, 0.4) is 0 Å². The maximum absolute atomic E-state index is 12.9. The Morgan fingerprint density at radius 3 is 0.689 bits per heavy atom. The monoisotopic (exact) mass is 1040 g/mol. The summed E-state index contributed by atoms with van der Waals surface area (Å²) in [6.07, 6.45) is 76.4. The predicted octanol–water partition coefficient (Wildman–Crippen LogP) is 22.6. The summed E-state index contributed by atoms with van der Waals surface area (Å²) in [6.45, 7) is 6.67. The second-order valence-electron chi connectivity index (χ2n) is 22.7. The van der Waals surface area contributed by atoms with E-state index < -0.39 is 6.10 Å². The Morgan fingerprint density at radius 1 is 0.257 bits per heavy atom. The van der Waals surface area contributed by atoms with E-state index in [4.69, 9.17) is 14.2 Å². The van der Waals surface area contributed by atoms with E-state index in [1.807, 2.05) is 0 Å². The third-order valence-electron chi connectivity index (χ3n) is 15.2. The van der Waals surface area contributed by atoms with Crippen molar-refractivity contribution in [1.82, 2.24) is 0 Å². The van der Waals surface area contributed by atoms with E-state index >= 15 is 0 Å². The summed E-state index contributed by atoms with van der Waals surface area (Å²) in [5, 5.41) is 0. The highest BCUT2D eigenvalue weighted by Crippen LogP contribution is 2.18. The van der Waals surface area contributed by atoms with Crippen LogP contribution in [0.4, 0.5) is 0 Å². The zero-order valence-corrected chi connectivity index (χ0v) is 50.1. The van der Waals surface area contributed by atoms with Crippen molar-refractivity contribution >= 4 is 17.9 Å². The van der Waals surface area contributed by atoms with Crippen LogP contribution in [0.1, 0.15) is 374 Å². The van der Waals surface area contributed by atoms with Crippen LogP contribution in [0.15, 0.2) is 24.3 Å². The molecule has 0 aromatic rings. The van der Waals surface area contributed by atoms with Crippen molar-refractivity contribution in [3.8, 4) is 0 Å². The van der Waals surface area contributed by atoms with E-state index in [0.29, 0.717) is 19.3 Å². The van der Waals surface area contributed by atoms with Crippen LogP contribution in [0.25, 0.3) is 0 Å². The fraction of sp³-hybridized carbons (Fsp3) is 0.897. The quantitative estimate of drug-likeness (QED) is 0.0261. The Kier molecular flexibility index (Phi) is 61.6. The van der Waals surface area contributed by atoms with Crippen LogP contribution in [0.5, 0.6) is 0 Å². The van der Waals surface area contributed by atoms with Gasteiger partial charge in [0.2, 0.25) is 0 Å². The number of ether oxygens (including phenoxy) is 3. The Hall–Kier alpha value is -2.11. The van der Waals surface area contributed by atoms with Gasteiger partial charge in [0.25, 0.3) is 0 Å². The first kappa shape index (κ1) is 71.9. The number of unbranched alkanes of at least 4 members (excludes halogenated alkanes) is 47. The highest BCUT2D eigenvalue weighted by molar-refractivity contribution is 5.71. The Morgan fingerprint density at radius 2 is 0.446 bits per heavy atom. The molecule has 0 N–H and O–H groups in total. The second kappa shape index (κ2) is 63.4. The van der Waals surface area contributed by atoms with Gasteiger partial charge >= 0.3 is 17.9 Å². The Labute approximate surface area is 462 Å². The SMILES string of the molecule is CCCCCC/C=C\CCCCCCCC(=O)OCC(COC(=O)CCCCCCCCCCCCCCCCCCCCCCCCCCCCCC)OC(=O)CCCCCCC/C=C\CCCCCCCC. The average molecular weight is 1040 g/mol. The van der Waals surface area contributed by atoms with Crippen LogP contribution in [0, 0.1) is 0 Å². The van der Waals surface area contributed by atoms with E-state index in [1.165, 1.54) is 263 Å². The molecule has 0 saturated heterocycles. The molecule has 6 nitrogen and oxygen atoms in total. The summed E-state index contributed by atoms with van der Waals surface area (Å²) >= 11 is 0. The minimum Gasteiger partial charge on any atom is -0.462 e. The summed E-state index contributed by atoms with van der Waals surface area (Å²) in [5.74, 6) is -0.866. The fourth-order valence-corrected chi connectivity index (χ4v) is 10.1. The molecular formula is C68H128O6. The minimum atomic E-state index is -0.776. The molecule has 0 amide bonds. The van der Waals surface area contributed by atoms with Crippen molar-refractivity contribution in [2.24, 2.45) is 0 Å². The summed E-state index contributed by atoms with van der Waals surface area (Å²) in [7, 11) is 0. The van der Waals surface area contributed by atoms with Gasteiger partial charge in [-0.05, 0) is 70.6 Å². The van der Waals surface area contributed by atoms with Crippen molar-refractivity contribution in [2.45, 2.75) is 380 Å². The first-order chi connectivity index (χ1) is 36.5. The van der Waals surface area contributed by atoms with Gasteiger partial charge in [-0.25, -0.2) is 0 Å². The zero-order chi connectivity index (χ0) is 53.6. The first-order valence-corrected chi connectivity index (χ1v) is 33.3. The lowest BCUT2D eigenvalue weighted by Crippen LogP contribution is -2.30. The molecule has 0 aromatic heterocycles. The largest absolute Gasteiger partial charge is 0.462 e. The third kappa shape index (κ3) is 60.8. The van der Waals surface area contributed by atoms with Crippen LogP contribution in [-0.2, 0) is 28.6 Å². The molecule has 0 radical (unpaired) electrons. The van der Waals surface area contributed by atoms with Gasteiger partial charge in [0, 0.05) is 19.3 Å². The van der Waals surface area contributed by atoms with E-state index in [2.05, 4.69) is 45.1 Å². The van der Waals surface area contributed by atoms with Crippen molar-refractivity contribution < 1.29 is 28.6 Å². The summed E-state index contributed by atoms with van der Waals surface area (Å²) in [6, 6.07) is 0. The number of carbonyl (C=O) groups is 3. The molecule has 0 saturated carbocycles. The van der Waals surface area contributed by atoms with E-state index in [0.717, 1.165) is 70.6 Å². The number of esters is 3. The highest BCUT2D eigenvalue weighted by atomic mass is 16.6. The molecule has 0 heterocycles. The fourth-order valence-electron chi connectivity index (χ4n) is 10.1. The standard InChI is InChI=1S/C68H128O6/c1-4-7-10-13-16-19-22-25-27-28-29-30-31-32-33-34-35-36-37-38-39-41-43-46-49-52-55-58-61-67(70)73-64-65(63-72-66(69)60-57-54-51-48-45-42-24-21-18-15-12-9-6-3)74-68(71)62-59-56-53-50-47-44-40-26-23-20-17-14-11-8-5-2/h21,24,26,40,65H,4-20,22-23,25,27-39,41-64H2,1-3H3/b24-21-,40-26-. The van der Waals surface area contributed by atoms with Crippen molar-refractivity contribution in [3.05, 3.63) is 24.3 Å². The van der Waals surface area contributed by atoms with Gasteiger partial charge in [-0.15, -0.1) is 0 Å². The number of carbonyl (C=O) groups excluding carboxylic acids is 3. The Bertz CT molecular complexity index is 1190. The molecule has 0 aromatic carbocycles. The topological polar surface area (TPSA) is 78.9 Å². The molecule has 6 heteroatoms. The zero-order valence-electron chi connectivity index (χ0n) is 50.1. The molecule has 436 valence electrons. The van der Waals surface area contributed by atoms with Gasteiger partial charge in [0.15, 0.2) is 6.10 Å². The van der Waals surface area contributed by atoms with E-state index in [-0.39, 0.29) is 31.1 Å². The average Bonchev–Trinajstić information content (AvgIpc) is 3.40. The molecule has 0 aliphatic carbocycles. The van der Waals surface area contributed by atoms with E-state index in [9.17, 15) is 14.4 Å². The van der Waals surface area contributed by atoms with Gasteiger partial charge in [-0.3, -0.25) is 14.4 Å². The Balaban J connectivity index is 4.16. The number of rotatable bonds is 62. The lowest BCUT2D eigenvalue weighted by atomic mass is 10.0. The van der Waals surface area contributed by atoms with Gasteiger partial charge in [-0.1, -0.05) is 308 Å². The molecule has 0 spiro atoms. The van der Waals surface area contributed by atoms with Gasteiger partial charge in [0.1, 0.15) is 13.2 Å². The van der Waals surface area contributed by atoms with Crippen molar-refractivity contribution in [3.63, 3.8) is 0 Å². The van der Waals surface area contributed by atoms with Crippen molar-refractivity contribution in [1.29, 1.82) is 0 Å². The molecule has 1 atom stereocenters. The van der Waals surface area contributed by atoms with E-state index in [1.54, 1.807) is 0 Å². The summed E-state index contributed by atoms with van der Waals surface area (Å²) in [5.41, 5.74) is 0. The molecule has 0 rings (SSSR count). The van der Waals surface area contributed by atoms with Crippen LogP contribution in [0.2, 0.25) is 0 Å². The van der Waals surface area contributed by atoms with Crippen molar-refractivity contribution in [2.75, 3.05) is 13.2 Å². The lowest BCUT2D eigenvalue weighted by Gasteiger charge is -2.18. The minimum absolute atomic E-state index is 0.0725. The summed E-state index contributed by atoms with van der Waals surface area (Å²) < 4.78 is 16.9. The molecule has 0 fully saturated rings. The van der Waals surface area contributed by atoms with Crippen LogP contribution >= 0.6 is 0 Å². The van der Waals surface area contributed by atoms with Gasteiger partial charge in [-0.2, -0.15) is 0 Å². The lowest BCUT2D eigenvalue weighted by molar-refractivity contribution is -0.167. The molecule has 0 aliphatic rings. The van der Waals surface area contributed by atoms with Crippen LogP contribution < -0.4 is 0 Å². The molecular weight excluding hydrogens is 913 g/mol. The van der Waals surface area contributed by atoms with Gasteiger partial charge in [0.05, 0.1) is 0 Å². The molecule has 74 heavy (non-hydrogen) atoms.